The average molecular weight is 219 g/mol. The minimum absolute atomic E-state index is 0.109. The highest BCUT2D eigenvalue weighted by Crippen LogP contribution is 2.33. The Labute approximate surface area is 88.3 Å². The molecule has 13 heavy (non-hydrogen) atoms. The Hall–Kier alpha value is -0.240. The van der Waals surface area contributed by atoms with Gasteiger partial charge in [-0.05, 0) is 18.1 Å². The first-order valence-electron chi connectivity index (χ1n) is 4.16. The van der Waals surface area contributed by atoms with Crippen LogP contribution in [0.15, 0.2) is 18.2 Å². The van der Waals surface area contributed by atoms with Gasteiger partial charge in [-0.15, -0.1) is 0 Å². The molecule has 1 atom stereocenters. The Morgan fingerprint density at radius 2 is 1.62 bits per heavy atom. The van der Waals surface area contributed by atoms with Crippen LogP contribution in [0.25, 0.3) is 0 Å². The lowest BCUT2D eigenvalue weighted by Gasteiger charge is -2.17. The van der Waals surface area contributed by atoms with Gasteiger partial charge >= 0.3 is 0 Å². The van der Waals surface area contributed by atoms with Crippen LogP contribution in [-0.2, 0) is 0 Å². The topological polar surface area (TPSA) is 20.2 Å². The average Bonchev–Trinajstić information content (AvgIpc) is 2.03. The zero-order valence-electron chi connectivity index (χ0n) is 7.59. The zero-order chi connectivity index (χ0) is 10.0. The maximum Gasteiger partial charge on any atom is 0.0841 e. The highest BCUT2D eigenvalue weighted by atomic mass is 35.5. The van der Waals surface area contributed by atoms with E-state index in [0.29, 0.717) is 15.6 Å². The van der Waals surface area contributed by atoms with Gasteiger partial charge in [0.15, 0.2) is 0 Å². The molecule has 0 spiro atoms. The molecule has 1 N–H and O–H groups in total. The second kappa shape index (κ2) is 4.32. The molecule has 0 unspecified atom stereocenters. The smallest absolute Gasteiger partial charge is 0.0841 e. The van der Waals surface area contributed by atoms with Crippen LogP contribution in [0, 0.1) is 5.92 Å². The monoisotopic (exact) mass is 218 g/mol. The lowest BCUT2D eigenvalue weighted by molar-refractivity contribution is 0.127. The number of benzene rings is 1. The molecule has 0 aliphatic rings. The van der Waals surface area contributed by atoms with Crippen LogP contribution in [-0.4, -0.2) is 5.11 Å². The highest BCUT2D eigenvalue weighted by molar-refractivity contribution is 6.36. The Bertz CT molecular complexity index is 277. The quantitative estimate of drug-likeness (QED) is 0.804. The summed E-state index contributed by atoms with van der Waals surface area (Å²) in [5.41, 5.74) is 0.626. The lowest BCUT2D eigenvalue weighted by atomic mass is 9.99. The molecule has 0 aliphatic carbocycles. The van der Waals surface area contributed by atoms with E-state index < -0.39 is 6.10 Å². The van der Waals surface area contributed by atoms with Gasteiger partial charge in [0.05, 0.1) is 6.10 Å². The van der Waals surface area contributed by atoms with Gasteiger partial charge in [0.2, 0.25) is 0 Å². The Balaban J connectivity index is 3.12. The molecule has 1 aromatic carbocycles. The van der Waals surface area contributed by atoms with E-state index in [1.54, 1.807) is 18.2 Å². The third-order valence-corrected chi connectivity index (χ3v) is 2.59. The van der Waals surface area contributed by atoms with Crippen molar-refractivity contribution in [2.45, 2.75) is 20.0 Å². The van der Waals surface area contributed by atoms with Crippen molar-refractivity contribution in [3.63, 3.8) is 0 Å². The van der Waals surface area contributed by atoms with Crippen LogP contribution in [0.4, 0.5) is 0 Å². The van der Waals surface area contributed by atoms with Crippen molar-refractivity contribution in [1.82, 2.24) is 0 Å². The van der Waals surface area contributed by atoms with Gasteiger partial charge in [0.25, 0.3) is 0 Å². The summed E-state index contributed by atoms with van der Waals surface area (Å²) in [6.45, 7) is 3.84. The van der Waals surface area contributed by atoms with Gasteiger partial charge in [0.1, 0.15) is 0 Å². The fraction of sp³-hybridized carbons (Fsp3) is 0.400. The molecule has 1 aromatic rings. The number of hydrogen-bond acceptors (Lipinski definition) is 1. The molecule has 0 bridgehead atoms. The highest BCUT2D eigenvalue weighted by Gasteiger charge is 2.17. The molecule has 0 radical (unpaired) electrons. The zero-order valence-corrected chi connectivity index (χ0v) is 9.10. The van der Waals surface area contributed by atoms with E-state index in [1.807, 2.05) is 13.8 Å². The molecule has 0 amide bonds. The summed E-state index contributed by atoms with van der Waals surface area (Å²) >= 11 is 11.8. The van der Waals surface area contributed by atoms with Crippen molar-refractivity contribution in [2.75, 3.05) is 0 Å². The summed E-state index contributed by atoms with van der Waals surface area (Å²) in [4.78, 5) is 0. The van der Waals surface area contributed by atoms with Crippen LogP contribution >= 0.6 is 23.2 Å². The van der Waals surface area contributed by atoms with Crippen LogP contribution in [0.2, 0.25) is 10.0 Å². The van der Waals surface area contributed by atoms with Gasteiger partial charge in [-0.2, -0.15) is 0 Å². The molecule has 0 aromatic heterocycles. The van der Waals surface area contributed by atoms with Crippen molar-refractivity contribution in [1.29, 1.82) is 0 Å². The fourth-order valence-corrected chi connectivity index (χ4v) is 1.75. The van der Waals surface area contributed by atoms with E-state index in [0.717, 1.165) is 0 Å². The first-order chi connectivity index (χ1) is 6.04. The predicted octanol–water partition coefficient (Wildman–Crippen LogP) is 3.68. The maximum absolute atomic E-state index is 9.79. The largest absolute Gasteiger partial charge is 0.388 e. The van der Waals surface area contributed by atoms with Crippen LogP contribution < -0.4 is 0 Å². The fourth-order valence-electron chi connectivity index (χ4n) is 1.13. The third-order valence-electron chi connectivity index (χ3n) is 1.93. The second-order valence-electron chi connectivity index (χ2n) is 3.32. The molecular formula is C10H12Cl2O. The number of aliphatic hydroxyl groups excluding tert-OH is 1. The summed E-state index contributed by atoms with van der Waals surface area (Å²) in [7, 11) is 0. The maximum atomic E-state index is 9.79. The first-order valence-corrected chi connectivity index (χ1v) is 4.91. The molecule has 0 heterocycles. The second-order valence-corrected chi connectivity index (χ2v) is 4.14. The van der Waals surface area contributed by atoms with E-state index in [9.17, 15) is 5.11 Å². The van der Waals surface area contributed by atoms with Crippen molar-refractivity contribution < 1.29 is 5.11 Å². The van der Waals surface area contributed by atoms with Gasteiger partial charge in [-0.25, -0.2) is 0 Å². The van der Waals surface area contributed by atoms with E-state index in [2.05, 4.69) is 0 Å². The first kappa shape index (κ1) is 10.8. The molecule has 1 nitrogen and oxygen atoms in total. The van der Waals surface area contributed by atoms with E-state index >= 15 is 0 Å². The summed E-state index contributed by atoms with van der Waals surface area (Å²) in [6.07, 6.45) is -0.596. The Morgan fingerprint density at radius 3 is 2.00 bits per heavy atom. The van der Waals surface area contributed by atoms with Gasteiger partial charge in [-0.3, -0.25) is 0 Å². The Morgan fingerprint density at radius 1 is 1.15 bits per heavy atom. The number of halogens is 2. The number of aliphatic hydroxyl groups is 1. The molecule has 72 valence electrons. The van der Waals surface area contributed by atoms with Crippen molar-refractivity contribution in [3.8, 4) is 0 Å². The lowest BCUT2D eigenvalue weighted by Crippen LogP contribution is -2.06. The molecule has 0 fully saturated rings. The van der Waals surface area contributed by atoms with Gasteiger partial charge < -0.3 is 5.11 Å². The molecule has 0 saturated carbocycles. The minimum atomic E-state index is -0.596. The SMILES string of the molecule is CC(C)[C@H](O)c1c(Cl)cccc1Cl. The molecular weight excluding hydrogens is 207 g/mol. The van der Waals surface area contributed by atoms with Gasteiger partial charge in [-0.1, -0.05) is 43.1 Å². The van der Waals surface area contributed by atoms with Crippen LogP contribution in [0.3, 0.4) is 0 Å². The molecule has 1 rings (SSSR count). The normalized spacial score (nSPS) is 13.4. The van der Waals surface area contributed by atoms with Crippen molar-refractivity contribution >= 4 is 23.2 Å². The number of hydrogen-bond donors (Lipinski definition) is 1. The van der Waals surface area contributed by atoms with Crippen LogP contribution in [0.5, 0.6) is 0 Å². The molecule has 0 aliphatic heterocycles. The number of rotatable bonds is 2. The van der Waals surface area contributed by atoms with Crippen molar-refractivity contribution in [3.05, 3.63) is 33.8 Å². The standard InChI is InChI=1S/C10H12Cl2O/c1-6(2)10(13)9-7(11)4-3-5-8(9)12/h3-6,10,13H,1-2H3/t10-/m0/s1. The molecule has 3 heteroatoms. The van der Waals surface area contributed by atoms with E-state index in [4.69, 9.17) is 23.2 Å². The van der Waals surface area contributed by atoms with Crippen molar-refractivity contribution in [2.24, 2.45) is 5.92 Å². The summed E-state index contributed by atoms with van der Waals surface area (Å²) < 4.78 is 0. The minimum Gasteiger partial charge on any atom is -0.388 e. The van der Waals surface area contributed by atoms with E-state index in [1.165, 1.54) is 0 Å². The molecule has 0 saturated heterocycles. The van der Waals surface area contributed by atoms with Crippen LogP contribution in [0.1, 0.15) is 25.5 Å². The third kappa shape index (κ3) is 2.37. The Kier molecular flexibility index (Phi) is 3.60. The predicted molar refractivity (Wildman–Crippen MR) is 56.3 cm³/mol. The summed E-state index contributed by atoms with van der Waals surface area (Å²) in [6, 6.07) is 5.23. The summed E-state index contributed by atoms with van der Waals surface area (Å²) in [5.74, 6) is 0.109. The van der Waals surface area contributed by atoms with E-state index in [-0.39, 0.29) is 5.92 Å². The van der Waals surface area contributed by atoms with Gasteiger partial charge in [0, 0.05) is 15.6 Å². The summed E-state index contributed by atoms with van der Waals surface area (Å²) in [5, 5.41) is 10.8.